The van der Waals surface area contributed by atoms with E-state index in [-0.39, 0.29) is 11.9 Å². The SMILES string of the molecule is O=C(Nc1ccccc1)Nc1ccc(C(=O)NC(c2ccccc2)c2ccco2)cc1. The molecule has 0 aliphatic rings. The van der Waals surface area contributed by atoms with E-state index >= 15 is 0 Å². The van der Waals surface area contributed by atoms with Gasteiger partial charge in [0.25, 0.3) is 5.91 Å². The molecule has 0 fully saturated rings. The van der Waals surface area contributed by atoms with Gasteiger partial charge in [0, 0.05) is 16.9 Å². The molecule has 4 aromatic rings. The van der Waals surface area contributed by atoms with Gasteiger partial charge >= 0.3 is 6.03 Å². The Labute approximate surface area is 179 Å². The van der Waals surface area contributed by atoms with Crippen LogP contribution in [0, 0.1) is 0 Å². The van der Waals surface area contributed by atoms with Gasteiger partial charge in [-0.2, -0.15) is 0 Å². The third kappa shape index (κ3) is 5.19. The zero-order valence-corrected chi connectivity index (χ0v) is 16.6. The van der Waals surface area contributed by atoms with E-state index in [1.165, 1.54) is 0 Å². The van der Waals surface area contributed by atoms with Gasteiger partial charge in [-0.25, -0.2) is 4.79 Å². The molecule has 0 bridgehead atoms. The number of carbonyl (C=O) groups is 2. The minimum Gasteiger partial charge on any atom is -0.467 e. The molecule has 6 nitrogen and oxygen atoms in total. The van der Waals surface area contributed by atoms with E-state index in [0.29, 0.717) is 22.7 Å². The molecular weight excluding hydrogens is 390 g/mol. The zero-order valence-electron chi connectivity index (χ0n) is 16.6. The van der Waals surface area contributed by atoms with Gasteiger partial charge in [0.2, 0.25) is 0 Å². The van der Waals surface area contributed by atoms with Crippen molar-refractivity contribution in [2.45, 2.75) is 6.04 Å². The van der Waals surface area contributed by atoms with Gasteiger partial charge in [-0.1, -0.05) is 48.5 Å². The smallest absolute Gasteiger partial charge is 0.323 e. The Hall–Kier alpha value is -4.32. The molecular formula is C25H21N3O3. The number of benzene rings is 3. The van der Waals surface area contributed by atoms with Crippen molar-refractivity contribution in [2.75, 3.05) is 10.6 Å². The molecule has 0 saturated heterocycles. The number of carbonyl (C=O) groups excluding carboxylic acids is 2. The van der Waals surface area contributed by atoms with Gasteiger partial charge in [0.1, 0.15) is 11.8 Å². The highest BCUT2D eigenvalue weighted by atomic mass is 16.3. The second-order valence-corrected chi connectivity index (χ2v) is 6.86. The summed E-state index contributed by atoms with van der Waals surface area (Å²) in [6, 6.07) is 28.3. The highest BCUT2D eigenvalue weighted by Crippen LogP contribution is 2.23. The number of hydrogen-bond donors (Lipinski definition) is 3. The van der Waals surface area contributed by atoms with Gasteiger partial charge in [-0.3, -0.25) is 4.79 Å². The van der Waals surface area contributed by atoms with Gasteiger partial charge in [0.05, 0.1) is 6.26 Å². The van der Waals surface area contributed by atoms with E-state index in [4.69, 9.17) is 4.42 Å². The highest BCUT2D eigenvalue weighted by Gasteiger charge is 2.20. The van der Waals surface area contributed by atoms with Crippen LogP contribution in [0.15, 0.2) is 108 Å². The van der Waals surface area contributed by atoms with Crippen LogP contribution in [0.25, 0.3) is 0 Å². The van der Waals surface area contributed by atoms with Crippen molar-refractivity contribution in [3.63, 3.8) is 0 Å². The standard InChI is InChI=1S/C25H21N3O3/c29-24(28-23(22-12-7-17-31-22)18-8-3-1-4-9-18)19-13-15-21(16-14-19)27-25(30)26-20-10-5-2-6-11-20/h1-17,23H,(H,28,29)(H2,26,27,30). The fraction of sp³-hybridized carbons (Fsp3) is 0.0400. The third-order valence-corrected chi connectivity index (χ3v) is 4.67. The lowest BCUT2D eigenvalue weighted by molar-refractivity contribution is 0.0939. The summed E-state index contributed by atoms with van der Waals surface area (Å²) in [5.74, 6) is 0.404. The minimum atomic E-state index is -0.404. The molecule has 31 heavy (non-hydrogen) atoms. The van der Waals surface area contributed by atoms with Crippen LogP contribution in [0.1, 0.15) is 27.7 Å². The zero-order chi connectivity index (χ0) is 21.5. The minimum absolute atomic E-state index is 0.245. The fourth-order valence-corrected chi connectivity index (χ4v) is 3.15. The first-order chi connectivity index (χ1) is 15.2. The molecule has 1 heterocycles. The average Bonchev–Trinajstić information content (AvgIpc) is 3.33. The summed E-state index contributed by atoms with van der Waals surface area (Å²) < 4.78 is 5.53. The Morgan fingerprint density at radius 3 is 1.90 bits per heavy atom. The van der Waals surface area contributed by atoms with E-state index in [1.54, 1.807) is 48.7 Å². The average molecular weight is 411 g/mol. The molecule has 1 unspecified atom stereocenters. The maximum Gasteiger partial charge on any atom is 0.323 e. The summed E-state index contributed by atoms with van der Waals surface area (Å²) in [7, 11) is 0. The van der Waals surface area contributed by atoms with Crippen LogP contribution in [0.2, 0.25) is 0 Å². The first-order valence-corrected chi connectivity index (χ1v) is 9.81. The first-order valence-electron chi connectivity index (χ1n) is 9.81. The molecule has 0 spiro atoms. The maximum atomic E-state index is 12.8. The van der Waals surface area contributed by atoms with Crippen molar-refractivity contribution >= 4 is 23.3 Å². The Morgan fingerprint density at radius 2 is 1.29 bits per heavy atom. The number of anilines is 2. The molecule has 0 saturated carbocycles. The summed E-state index contributed by atoms with van der Waals surface area (Å²) in [5.41, 5.74) is 2.67. The molecule has 3 aromatic carbocycles. The predicted molar refractivity (Wildman–Crippen MR) is 120 cm³/mol. The lowest BCUT2D eigenvalue weighted by atomic mass is 10.0. The van der Waals surface area contributed by atoms with Gasteiger partial charge < -0.3 is 20.4 Å². The van der Waals surface area contributed by atoms with Gasteiger partial charge in [0.15, 0.2) is 0 Å². The lowest BCUT2D eigenvalue weighted by Gasteiger charge is -2.17. The van der Waals surface area contributed by atoms with Gasteiger partial charge in [-0.15, -0.1) is 0 Å². The van der Waals surface area contributed by atoms with Crippen molar-refractivity contribution in [1.82, 2.24) is 5.32 Å². The monoisotopic (exact) mass is 411 g/mol. The Kier molecular flexibility index (Phi) is 6.09. The van der Waals surface area contributed by atoms with Gasteiger partial charge in [-0.05, 0) is 54.1 Å². The number of hydrogen-bond acceptors (Lipinski definition) is 3. The highest BCUT2D eigenvalue weighted by molar-refractivity contribution is 6.00. The molecule has 154 valence electrons. The summed E-state index contributed by atoms with van der Waals surface area (Å²) in [6.45, 7) is 0. The van der Waals surface area contributed by atoms with Crippen LogP contribution in [-0.2, 0) is 0 Å². The Balaban J connectivity index is 1.42. The Bertz CT molecular complexity index is 1130. The molecule has 0 radical (unpaired) electrons. The molecule has 1 atom stereocenters. The number of urea groups is 1. The lowest BCUT2D eigenvalue weighted by Crippen LogP contribution is -2.29. The molecule has 3 N–H and O–H groups in total. The number of amides is 3. The topological polar surface area (TPSA) is 83.4 Å². The summed E-state index contributed by atoms with van der Waals surface area (Å²) >= 11 is 0. The van der Waals surface area contributed by atoms with Crippen molar-refractivity contribution < 1.29 is 14.0 Å². The summed E-state index contributed by atoms with van der Waals surface area (Å²) in [6.07, 6.45) is 1.58. The molecule has 3 amide bonds. The van der Waals surface area contributed by atoms with E-state index in [2.05, 4.69) is 16.0 Å². The molecule has 6 heteroatoms. The number of para-hydroxylation sites is 1. The summed E-state index contributed by atoms with van der Waals surface area (Å²) in [5, 5.41) is 8.51. The number of rotatable bonds is 6. The molecule has 0 aliphatic carbocycles. The second-order valence-electron chi connectivity index (χ2n) is 6.86. The maximum absolute atomic E-state index is 12.8. The van der Waals surface area contributed by atoms with Crippen molar-refractivity contribution in [2.24, 2.45) is 0 Å². The fourth-order valence-electron chi connectivity index (χ4n) is 3.15. The Morgan fingerprint density at radius 1 is 0.677 bits per heavy atom. The van der Waals surface area contributed by atoms with E-state index in [1.807, 2.05) is 54.6 Å². The molecule has 0 aliphatic heterocycles. The van der Waals surface area contributed by atoms with Crippen molar-refractivity contribution in [3.8, 4) is 0 Å². The third-order valence-electron chi connectivity index (χ3n) is 4.67. The van der Waals surface area contributed by atoms with E-state index in [9.17, 15) is 9.59 Å². The summed E-state index contributed by atoms with van der Waals surface area (Å²) in [4.78, 5) is 25.0. The predicted octanol–water partition coefficient (Wildman–Crippen LogP) is 5.44. The van der Waals surface area contributed by atoms with E-state index < -0.39 is 6.04 Å². The second kappa shape index (κ2) is 9.45. The normalized spacial score (nSPS) is 11.4. The molecule has 4 rings (SSSR count). The number of furan rings is 1. The van der Waals surface area contributed by atoms with Crippen molar-refractivity contribution in [1.29, 1.82) is 0 Å². The van der Waals surface area contributed by atoms with Crippen LogP contribution in [-0.4, -0.2) is 11.9 Å². The number of nitrogens with one attached hydrogen (secondary N) is 3. The van der Waals surface area contributed by atoms with E-state index in [0.717, 1.165) is 5.56 Å². The van der Waals surface area contributed by atoms with Crippen molar-refractivity contribution in [3.05, 3.63) is 120 Å². The molecule has 1 aromatic heterocycles. The quantitative estimate of drug-likeness (QED) is 0.395. The largest absolute Gasteiger partial charge is 0.467 e. The van der Waals surface area contributed by atoms with Crippen LogP contribution >= 0.6 is 0 Å². The first kappa shape index (κ1) is 20.0. The van der Waals surface area contributed by atoms with Crippen LogP contribution < -0.4 is 16.0 Å². The van der Waals surface area contributed by atoms with Crippen LogP contribution in [0.3, 0.4) is 0 Å². The van der Waals surface area contributed by atoms with Crippen LogP contribution in [0.4, 0.5) is 16.2 Å². The van der Waals surface area contributed by atoms with Crippen LogP contribution in [0.5, 0.6) is 0 Å².